The summed E-state index contributed by atoms with van der Waals surface area (Å²) < 4.78 is 20.5. The van der Waals surface area contributed by atoms with Crippen molar-refractivity contribution in [2.75, 3.05) is 13.7 Å². The van der Waals surface area contributed by atoms with E-state index in [0.29, 0.717) is 22.9 Å². The molecule has 0 amide bonds. The molecule has 0 saturated carbocycles. The lowest BCUT2D eigenvalue weighted by Gasteiger charge is -2.22. The van der Waals surface area contributed by atoms with E-state index in [-0.39, 0.29) is 11.9 Å². The highest BCUT2D eigenvalue weighted by molar-refractivity contribution is 9.10. The van der Waals surface area contributed by atoms with Crippen LogP contribution in [0.25, 0.3) is 0 Å². The lowest BCUT2D eigenvalue weighted by molar-refractivity contribution is 0.403. The maximum atomic E-state index is 14.2. The Balaban J connectivity index is 2.58. The molecule has 1 atom stereocenters. The monoisotopic (exact) mass is 371 g/mol. The Morgan fingerprint density at radius 2 is 2.00 bits per heavy atom. The second-order valence-corrected chi connectivity index (χ2v) is 5.89. The third kappa shape index (κ3) is 3.76. The molecule has 2 rings (SSSR count). The first-order valence-electron chi connectivity index (χ1n) is 6.58. The maximum absolute atomic E-state index is 14.2. The second-order valence-electron chi connectivity index (χ2n) is 4.54. The van der Waals surface area contributed by atoms with Crippen LogP contribution in [0.1, 0.15) is 24.1 Å². The van der Waals surface area contributed by atoms with Crippen LogP contribution in [0.2, 0.25) is 5.02 Å². The van der Waals surface area contributed by atoms with Gasteiger partial charge in [-0.05, 0) is 42.9 Å². The topological polar surface area (TPSA) is 21.3 Å². The fraction of sp³-hybridized carbons (Fsp3) is 0.250. The first-order chi connectivity index (χ1) is 10.1. The normalized spacial score (nSPS) is 12.2. The Labute approximate surface area is 137 Å². The summed E-state index contributed by atoms with van der Waals surface area (Å²) in [5.41, 5.74) is 1.36. The molecule has 0 spiro atoms. The molecule has 1 N–H and O–H groups in total. The van der Waals surface area contributed by atoms with Gasteiger partial charge in [0.15, 0.2) is 0 Å². The van der Waals surface area contributed by atoms with E-state index in [4.69, 9.17) is 16.3 Å². The number of ether oxygens (including phenoxy) is 1. The van der Waals surface area contributed by atoms with Gasteiger partial charge in [-0.2, -0.15) is 0 Å². The van der Waals surface area contributed by atoms with Gasteiger partial charge in [0.05, 0.1) is 13.2 Å². The van der Waals surface area contributed by atoms with Crippen molar-refractivity contribution in [2.24, 2.45) is 0 Å². The summed E-state index contributed by atoms with van der Waals surface area (Å²) in [7, 11) is 1.60. The molecule has 0 aliphatic carbocycles. The zero-order valence-corrected chi connectivity index (χ0v) is 14.1. The molecule has 0 aliphatic heterocycles. The average Bonchev–Trinajstić information content (AvgIpc) is 2.47. The van der Waals surface area contributed by atoms with Crippen molar-refractivity contribution in [3.63, 3.8) is 0 Å². The van der Waals surface area contributed by atoms with E-state index in [1.165, 1.54) is 6.07 Å². The van der Waals surface area contributed by atoms with E-state index < -0.39 is 0 Å². The minimum atomic E-state index is -0.332. The van der Waals surface area contributed by atoms with Crippen LogP contribution in [0, 0.1) is 5.82 Å². The smallest absolute Gasteiger partial charge is 0.128 e. The first kappa shape index (κ1) is 16.3. The number of rotatable bonds is 5. The van der Waals surface area contributed by atoms with Gasteiger partial charge in [0, 0.05) is 20.6 Å². The van der Waals surface area contributed by atoms with Crippen LogP contribution in [0.4, 0.5) is 4.39 Å². The van der Waals surface area contributed by atoms with Crippen molar-refractivity contribution < 1.29 is 9.13 Å². The molecule has 0 bridgehead atoms. The average molecular weight is 373 g/mol. The van der Waals surface area contributed by atoms with Crippen LogP contribution >= 0.6 is 27.5 Å². The minimum Gasteiger partial charge on any atom is -0.496 e. The van der Waals surface area contributed by atoms with Crippen molar-refractivity contribution in [1.29, 1.82) is 0 Å². The van der Waals surface area contributed by atoms with Crippen molar-refractivity contribution >= 4 is 27.5 Å². The van der Waals surface area contributed by atoms with E-state index in [1.807, 2.05) is 25.1 Å². The number of hydrogen-bond donors (Lipinski definition) is 1. The summed E-state index contributed by atoms with van der Waals surface area (Å²) in [5, 5.41) is 3.79. The van der Waals surface area contributed by atoms with Gasteiger partial charge in [0.25, 0.3) is 0 Å². The summed E-state index contributed by atoms with van der Waals surface area (Å²) in [6.07, 6.45) is 0. The molecule has 5 heteroatoms. The predicted octanol–water partition coefficient (Wildman–Crippen LogP) is 4.95. The fourth-order valence-corrected chi connectivity index (χ4v) is 2.82. The molecule has 2 aromatic rings. The van der Waals surface area contributed by atoms with Gasteiger partial charge in [-0.3, -0.25) is 0 Å². The molecule has 0 aromatic heterocycles. The molecule has 2 nitrogen and oxygen atoms in total. The summed E-state index contributed by atoms with van der Waals surface area (Å²) in [6.45, 7) is 2.66. The van der Waals surface area contributed by atoms with Crippen molar-refractivity contribution in [2.45, 2.75) is 13.0 Å². The molecule has 0 aliphatic rings. The van der Waals surface area contributed by atoms with Crippen molar-refractivity contribution in [1.82, 2.24) is 5.32 Å². The van der Waals surface area contributed by atoms with Gasteiger partial charge in [0.2, 0.25) is 0 Å². The fourth-order valence-electron chi connectivity index (χ4n) is 2.26. The Morgan fingerprint density at radius 1 is 1.24 bits per heavy atom. The van der Waals surface area contributed by atoms with E-state index >= 15 is 0 Å². The first-order valence-corrected chi connectivity index (χ1v) is 7.75. The highest BCUT2D eigenvalue weighted by Crippen LogP contribution is 2.34. The lowest BCUT2D eigenvalue weighted by Crippen LogP contribution is -2.23. The van der Waals surface area contributed by atoms with E-state index in [0.717, 1.165) is 10.0 Å². The van der Waals surface area contributed by atoms with E-state index in [9.17, 15) is 4.39 Å². The van der Waals surface area contributed by atoms with E-state index in [2.05, 4.69) is 21.2 Å². The third-order valence-electron chi connectivity index (χ3n) is 3.18. The van der Waals surface area contributed by atoms with Crippen molar-refractivity contribution in [3.05, 3.63) is 62.8 Å². The highest BCUT2D eigenvalue weighted by atomic mass is 79.9. The minimum absolute atomic E-state index is 0.299. The van der Waals surface area contributed by atoms with Gasteiger partial charge >= 0.3 is 0 Å². The molecule has 0 saturated heterocycles. The Morgan fingerprint density at radius 3 is 2.67 bits per heavy atom. The quantitative estimate of drug-likeness (QED) is 0.802. The Hall–Kier alpha value is -1.10. The number of benzene rings is 2. The van der Waals surface area contributed by atoms with Crippen LogP contribution in [-0.4, -0.2) is 13.7 Å². The summed E-state index contributed by atoms with van der Waals surface area (Å²) in [4.78, 5) is 0. The standard InChI is InChI=1S/C16H16BrClFNO/c1-3-20-16(12-9-11(18)5-6-14(12)19)13-8-10(17)4-7-15(13)21-2/h4-9,16,20H,3H2,1-2H3. The molecule has 1 unspecified atom stereocenters. The number of halogens is 3. The molecule has 0 radical (unpaired) electrons. The molecule has 112 valence electrons. The zero-order chi connectivity index (χ0) is 15.4. The van der Waals surface area contributed by atoms with Gasteiger partial charge in [-0.15, -0.1) is 0 Å². The summed E-state index contributed by atoms with van der Waals surface area (Å²) in [6, 6.07) is 9.90. The number of methoxy groups -OCH3 is 1. The van der Waals surface area contributed by atoms with E-state index in [1.54, 1.807) is 19.2 Å². The van der Waals surface area contributed by atoms with Crippen LogP contribution < -0.4 is 10.1 Å². The van der Waals surface area contributed by atoms with Crippen LogP contribution in [0.15, 0.2) is 40.9 Å². The second kappa shape index (κ2) is 7.25. The highest BCUT2D eigenvalue weighted by Gasteiger charge is 2.21. The molecular formula is C16H16BrClFNO. The van der Waals surface area contributed by atoms with Crippen LogP contribution in [-0.2, 0) is 0 Å². The third-order valence-corrected chi connectivity index (χ3v) is 3.91. The maximum Gasteiger partial charge on any atom is 0.128 e. The molecule has 0 fully saturated rings. The molecule has 2 aromatic carbocycles. The number of nitrogens with one attached hydrogen (secondary N) is 1. The van der Waals surface area contributed by atoms with Crippen molar-refractivity contribution in [3.8, 4) is 5.75 Å². The van der Waals surface area contributed by atoms with Crippen LogP contribution in [0.3, 0.4) is 0 Å². The van der Waals surface area contributed by atoms with Gasteiger partial charge in [0.1, 0.15) is 11.6 Å². The van der Waals surface area contributed by atoms with Gasteiger partial charge in [-0.25, -0.2) is 4.39 Å². The zero-order valence-electron chi connectivity index (χ0n) is 11.8. The summed E-state index contributed by atoms with van der Waals surface area (Å²) in [5.74, 6) is 0.399. The predicted molar refractivity (Wildman–Crippen MR) is 87.6 cm³/mol. The summed E-state index contributed by atoms with van der Waals surface area (Å²) >= 11 is 9.47. The largest absolute Gasteiger partial charge is 0.496 e. The Kier molecular flexibility index (Phi) is 5.62. The van der Waals surface area contributed by atoms with Gasteiger partial charge in [-0.1, -0.05) is 34.5 Å². The molecular weight excluding hydrogens is 357 g/mol. The lowest BCUT2D eigenvalue weighted by atomic mass is 9.97. The van der Waals surface area contributed by atoms with Crippen LogP contribution in [0.5, 0.6) is 5.75 Å². The number of hydrogen-bond acceptors (Lipinski definition) is 2. The molecule has 0 heterocycles. The Bertz CT molecular complexity index is 636. The van der Waals surface area contributed by atoms with Gasteiger partial charge < -0.3 is 10.1 Å². The SMILES string of the molecule is CCNC(c1cc(Cl)ccc1F)c1cc(Br)ccc1OC. The molecule has 21 heavy (non-hydrogen) atoms.